The second-order valence-corrected chi connectivity index (χ2v) is 6.15. The molecule has 1 atom stereocenters. The smallest absolute Gasteiger partial charge is 0.412 e. The lowest BCUT2D eigenvalue weighted by molar-refractivity contribution is 0.0636. The first-order valence-electron chi connectivity index (χ1n) is 7.10. The van der Waals surface area contributed by atoms with Crippen LogP contribution in [-0.2, 0) is 4.74 Å². The van der Waals surface area contributed by atoms with Crippen molar-refractivity contribution in [2.75, 3.05) is 23.7 Å². The molecule has 1 aromatic rings. The second kappa shape index (κ2) is 6.30. The van der Waals surface area contributed by atoms with Gasteiger partial charge in [0.25, 0.3) is 0 Å². The number of nitrogens with one attached hydrogen (secondary N) is 3. The Morgan fingerprint density at radius 3 is 2.76 bits per heavy atom. The highest BCUT2D eigenvalue weighted by molar-refractivity contribution is 5.89. The van der Waals surface area contributed by atoms with E-state index < -0.39 is 11.7 Å². The van der Waals surface area contributed by atoms with Gasteiger partial charge < -0.3 is 15.4 Å². The number of carbonyl (C=O) groups is 1. The summed E-state index contributed by atoms with van der Waals surface area (Å²) in [6.07, 6.45) is 0.407. The van der Waals surface area contributed by atoms with E-state index in [9.17, 15) is 9.18 Å². The van der Waals surface area contributed by atoms with Crippen LogP contribution in [-0.4, -0.2) is 30.8 Å². The lowest BCUT2D eigenvalue weighted by Crippen LogP contribution is -2.28. The fraction of sp³-hybridized carbons (Fsp3) is 0.533. The predicted molar refractivity (Wildman–Crippen MR) is 81.2 cm³/mol. The van der Waals surface area contributed by atoms with E-state index in [1.54, 1.807) is 20.8 Å². The van der Waals surface area contributed by atoms with E-state index in [0.29, 0.717) is 11.4 Å². The summed E-state index contributed by atoms with van der Waals surface area (Å²) in [5, 5.41) is 9.13. The molecule has 1 aliphatic heterocycles. The molecule has 1 unspecified atom stereocenters. The zero-order chi connectivity index (χ0) is 15.5. The lowest BCUT2D eigenvalue weighted by atomic mass is 10.2. The van der Waals surface area contributed by atoms with Gasteiger partial charge in [-0.3, -0.25) is 5.32 Å². The maximum Gasteiger partial charge on any atom is 0.412 e. The highest BCUT2D eigenvalue weighted by Crippen LogP contribution is 2.25. The second-order valence-electron chi connectivity index (χ2n) is 6.15. The Morgan fingerprint density at radius 2 is 2.14 bits per heavy atom. The number of hydrogen-bond donors (Lipinski definition) is 3. The summed E-state index contributed by atoms with van der Waals surface area (Å²) < 4.78 is 18.6. The van der Waals surface area contributed by atoms with Crippen LogP contribution in [0.1, 0.15) is 27.2 Å². The van der Waals surface area contributed by atoms with E-state index in [0.717, 1.165) is 19.5 Å². The van der Waals surface area contributed by atoms with Crippen LogP contribution in [0.3, 0.4) is 0 Å². The van der Waals surface area contributed by atoms with Crippen LogP contribution in [0.25, 0.3) is 0 Å². The number of benzene rings is 1. The minimum atomic E-state index is -0.576. The average Bonchev–Trinajstić information content (AvgIpc) is 2.83. The van der Waals surface area contributed by atoms with Gasteiger partial charge in [0, 0.05) is 12.6 Å². The zero-order valence-electron chi connectivity index (χ0n) is 12.6. The minimum absolute atomic E-state index is 0.228. The number of anilines is 2. The van der Waals surface area contributed by atoms with Gasteiger partial charge in [-0.1, -0.05) is 0 Å². The summed E-state index contributed by atoms with van der Waals surface area (Å²) in [6, 6.07) is 4.45. The molecule has 1 saturated heterocycles. The van der Waals surface area contributed by atoms with Crippen molar-refractivity contribution in [3.8, 4) is 0 Å². The van der Waals surface area contributed by atoms with Crippen LogP contribution < -0.4 is 16.0 Å². The standard InChI is InChI=1S/C15H22FN3O2/c1-15(2,3)21-14(20)19-12-5-4-10(16)8-13(12)18-11-6-7-17-9-11/h4-5,8,11,17-18H,6-7,9H2,1-3H3,(H,19,20). The van der Waals surface area contributed by atoms with Crippen LogP contribution in [0.2, 0.25) is 0 Å². The third-order valence-electron chi connectivity index (χ3n) is 3.04. The number of ether oxygens (including phenoxy) is 1. The number of carbonyl (C=O) groups excluding carboxylic acids is 1. The molecular weight excluding hydrogens is 273 g/mol. The normalized spacial score (nSPS) is 18.4. The maximum absolute atomic E-state index is 13.4. The van der Waals surface area contributed by atoms with Crippen LogP contribution in [0.15, 0.2) is 18.2 Å². The molecule has 0 aliphatic carbocycles. The van der Waals surface area contributed by atoms with Crippen LogP contribution >= 0.6 is 0 Å². The summed E-state index contributed by atoms with van der Waals surface area (Å²) >= 11 is 0. The highest BCUT2D eigenvalue weighted by atomic mass is 19.1. The molecule has 0 spiro atoms. The van der Waals surface area contributed by atoms with Crippen molar-refractivity contribution < 1.29 is 13.9 Å². The average molecular weight is 295 g/mol. The predicted octanol–water partition coefficient (Wildman–Crippen LogP) is 2.95. The molecule has 2 rings (SSSR count). The molecule has 1 heterocycles. The molecule has 21 heavy (non-hydrogen) atoms. The van der Waals surface area contributed by atoms with Crippen molar-refractivity contribution in [1.29, 1.82) is 0 Å². The van der Waals surface area contributed by atoms with Crippen molar-refractivity contribution in [3.05, 3.63) is 24.0 Å². The van der Waals surface area contributed by atoms with Gasteiger partial charge in [-0.05, 0) is 51.9 Å². The molecular formula is C15H22FN3O2. The SMILES string of the molecule is CC(C)(C)OC(=O)Nc1ccc(F)cc1NC1CCNC1. The maximum atomic E-state index is 13.4. The Bertz CT molecular complexity index is 508. The monoisotopic (exact) mass is 295 g/mol. The first-order chi connectivity index (χ1) is 9.83. The van der Waals surface area contributed by atoms with E-state index in [2.05, 4.69) is 16.0 Å². The Morgan fingerprint density at radius 1 is 1.38 bits per heavy atom. The van der Waals surface area contributed by atoms with E-state index >= 15 is 0 Å². The van der Waals surface area contributed by atoms with E-state index in [1.165, 1.54) is 18.2 Å². The van der Waals surface area contributed by atoms with Gasteiger partial charge in [0.1, 0.15) is 11.4 Å². The van der Waals surface area contributed by atoms with Crippen molar-refractivity contribution in [2.45, 2.75) is 38.8 Å². The topological polar surface area (TPSA) is 62.4 Å². The Kier molecular flexibility index (Phi) is 4.67. The summed E-state index contributed by atoms with van der Waals surface area (Å²) in [7, 11) is 0. The van der Waals surface area contributed by atoms with Crippen LogP contribution in [0.5, 0.6) is 0 Å². The van der Waals surface area contributed by atoms with Crippen molar-refractivity contribution in [1.82, 2.24) is 5.32 Å². The Balaban J connectivity index is 2.08. The summed E-state index contributed by atoms with van der Waals surface area (Å²) in [4.78, 5) is 11.8. The number of halogens is 1. The molecule has 1 aromatic carbocycles. The van der Waals surface area contributed by atoms with E-state index in [-0.39, 0.29) is 11.9 Å². The van der Waals surface area contributed by atoms with Crippen LogP contribution in [0, 0.1) is 5.82 Å². The summed E-state index contributed by atoms with van der Waals surface area (Å²) in [6.45, 7) is 7.13. The number of rotatable bonds is 3. The molecule has 5 nitrogen and oxygen atoms in total. The quantitative estimate of drug-likeness (QED) is 0.802. The van der Waals surface area contributed by atoms with Crippen molar-refractivity contribution >= 4 is 17.5 Å². The first-order valence-corrected chi connectivity index (χ1v) is 7.10. The molecule has 1 amide bonds. The zero-order valence-corrected chi connectivity index (χ0v) is 12.6. The Labute approximate surface area is 124 Å². The molecule has 0 saturated carbocycles. The molecule has 1 aliphatic rings. The van der Waals surface area contributed by atoms with Gasteiger partial charge >= 0.3 is 6.09 Å². The molecule has 3 N–H and O–H groups in total. The number of hydrogen-bond acceptors (Lipinski definition) is 4. The van der Waals surface area contributed by atoms with E-state index in [4.69, 9.17) is 4.74 Å². The first kappa shape index (κ1) is 15.6. The molecule has 0 radical (unpaired) electrons. The highest BCUT2D eigenvalue weighted by Gasteiger charge is 2.19. The molecule has 116 valence electrons. The van der Waals surface area contributed by atoms with E-state index in [1.807, 2.05) is 0 Å². The van der Waals surface area contributed by atoms with Crippen molar-refractivity contribution in [3.63, 3.8) is 0 Å². The van der Waals surface area contributed by atoms with Gasteiger partial charge in [-0.25, -0.2) is 9.18 Å². The van der Waals surface area contributed by atoms with Gasteiger partial charge in [0.2, 0.25) is 0 Å². The number of amides is 1. The molecule has 1 fully saturated rings. The molecule has 0 aromatic heterocycles. The third-order valence-corrected chi connectivity index (χ3v) is 3.04. The molecule has 6 heteroatoms. The van der Waals surface area contributed by atoms with Gasteiger partial charge in [-0.2, -0.15) is 0 Å². The van der Waals surface area contributed by atoms with Crippen LogP contribution in [0.4, 0.5) is 20.6 Å². The fourth-order valence-corrected chi connectivity index (χ4v) is 2.16. The van der Waals surface area contributed by atoms with Gasteiger partial charge in [-0.15, -0.1) is 0 Å². The summed E-state index contributed by atoms with van der Waals surface area (Å²) in [5.74, 6) is -0.349. The van der Waals surface area contributed by atoms with Gasteiger partial charge in [0.15, 0.2) is 0 Å². The lowest BCUT2D eigenvalue weighted by Gasteiger charge is -2.21. The molecule has 0 bridgehead atoms. The largest absolute Gasteiger partial charge is 0.444 e. The Hall–Kier alpha value is -1.82. The van der Waals surface area contributed by atoms with Gasteiger partial charge in [0.05, 0.1) is 11.4 Å². The van der Waals surface area contributed by atoms with Crippen molar-refractivity contribution in [2.24, 2.45) is 0 Å². The third kappa shape index (κ3) is 4.90. The fourth-order valence-electron chi connectivity index (χ4n) is 2.16. The minimum Gasteiger partial charge on any atom is -0.444 e. The summed E-state index contributed by atoms with van der Waals surface area (Å²) in [5.41, 5.74) is 0.500.